The molecule has 2 rings (SSSR count). The Balaban J connectivity index is 2.75. The van der Waals surface area contributed by atoms with Gasteiger partial charge < -0.3 is 9.47 Å². The van der Waals surface area contributed by atoms with Crippen molar-refractivity contribution in [2.45, 2.75) is 48.4 Å². The smallest absolute Gasteiger partial charge is 0.427 e. The molecule has 0 aliphatic heterocycles. The van der Waals surface area contributed by atoms with Crippen molar-refractivity contribution in [2.24, 2.45) is 0 Å². The molecule has 0 spiro atoms. The molecule has 0 aliphatic rings. The first-order chi connectivity index (χ1) is 18.4. The number of halogens is 12. The number of hydrogen-bond acceptors (Lipinski definition) is 6. The minimum absolute atomic E-state index is 0.214. The third-order valence-electron chi connectivity index (χ3n) is 5.15. The average molecular weight is 674 g/mol. The molecule has 8 nitrogen and oxygen atoms in total. The highest BCUT2D eigenvalue weighted by molar-refractivity contribution is 7.87. The standard InChI is InChI=1S/C20H14F12O8S2/c1-9-3-5-11(13(7-9)39-17(25,26)15(21,22)19(29,30)41(33,34)35)12-6-4-10(2)8-14(12)40-18(27,28)16(23,24)20(31,32)42(36,37)38/h3-8H,1-2H3,(H,33,34,35)(H,36,37,38). The van der Waals surface area contributed by atoms with E-state index in [9.17, 15) is 69.5 Å². The fourth-order valence-electron chi connectivity index (χ4n) is 2.94. The molecule has 2 aromatic carbocycles. The van der Waals surface area contributed by atoms with Gasteiger partial charge in [-0.15, -0.1) is 0 Å². The molecule has 0 unspecified atom stereocenters. The van der Waals surface area contributed by atoms with Crippen molar-refractivity contribution < 1.29 is 88.1 Å². The molecule has 0 fully saturated rings. The fraction of sp³-hybridized carbons (Fsp3) is 0.400. The van der Waals surface area contributed by atoms with Crippen molar-refractivity contribution in [3.8, 4) is 22.6 Å². The zero-order chi connectivity index (χ0) is 33.1. The molecule has 22 heteroatoms. The number of benzene rings is 2. The van der Waals surface area contributed by atoms with E-state index in [1.807, 2.05) is 0 Å². The molecule has 238 valence electrons. The Morgan fingerprint density at radius 1 is 0.548 bits per heavy atom. The highest BCUT2D eigenvalue weighted by Crippen LogP contribution is 2.52. The maximum atomic E-state index is 14.3. The van der Waals surface area contributed by atoms with E-state index in [2.05, 4.69) is 9.47 Å². The molecule has 0 radical (unpaired) electrons. The summed E-state index contributed by atoms with van der Waals surface area (Å²) in [5, 5.41) is -13.8. The minimum Gasteiger partial charge on any atom is -0.427 e. The van der Waals surface area contributed by atoms with Crippen molar-refractivity contribution in [3.63, 3.8) is 0 Å². The van der Waals surface area contributed by atoms with Gasteiger partial charge in [0, 0.05) is 11.1 Å². The second-order valence-electron chi connectivity index (χ2n) is 8.37. The monoisotopic (exact) mass is 674 g/mol. The second-order valence-corrected chi connectivity index (χ2v) is 11.3. The normalized spacial score (nSPS) is 14.6. The molecule has 0 aliphatic carbocycles. The van der Waals surface area contributed by atoms with Crippen LogP contribution in [0.1, 0.15) is 11.1 Å². The summed E-state index contributed by atoms with van der Waals surface area (Å²) in [4.78, 5) is 0. The molecule has 0 heterocycles. The predicted molar refractivity (Wildman–Crippen MR) is 115 cm³/mol. The van der Waals surface area contributed by atoms with Gasteiger partial charge in [-0.25, -0.2) is 0 Å². The molecule has 2 aromatic rings. The number of hydrogen-bond donors (Lipinski definition) is 2. The molecule has 0 atom stereocenters. The lowest BCUT2D eigenvalue weighted by Crippen LogP contribution is -2.60. The van der Waals surface area contributed by atoms with Gasteiger partial charge in [0.2, 0.25) is 0 Å². The lowest BCUT2D eigenvalue weighted by atomic mass is 10.00. The molecular weight excluding hydrogens is 660 g/mol. The summed E-state index contributed by atoms with van der Waals surface area (Å²) in [5.41, 5.74) is -2.70. The molecule has 2 N–H and O–H groups in total. The van der Waals surface area contributed by atoms with Crippen LogP contribution >= 0.6 is 0 Å². The lowest BCUT2D eigenvalue weighted by molar-refractivity contribution is -0.353. The van der Waals surface area contributed by atoms with Gasteiger partial charge in [-0.2, -0.15) is 69.5 Å². The van der Waals surface area contributed by atoms with Gasteiger partial charge in [0.1, 0.15) is 11.5 Å². The van der Waals surface area contributed by atoms with Crippen LogP contribution < -0.4 is 9.47 Å². The van der Waals surface area contributed by atoms with Gasteiger partial charge in [0.15, 0.2) is 0 Å². The first kappa shape index (κ1) is 35.2. The fourth-order valence-corrected chi connectivity index (χ4v) is 3.83. The van der Waals surface area contributed by atoms with Gasteiger partial charge in [-0.05, 0) is 37.1 Å². The summed E-state index contributed by atoms with van der Waals surface area (Å²) in [6.07, 6.45) is -13.1. The van der Waals surface area contributed by atoms with Crippen LogP contribution in [0.15, 0.2) is 36.4 Å². The second kappa shape index (κ2) is 10.3. The molecule has 0 saturated carbocycles. The number of aryl methyl sites for hydroxylation is 2. The Morgan fingerprint density at radius 2 is 0.810 bits per heavy atom. The van der Waals surface area contributed by atoms with Crippen LogP contribution in [-0.2, 0) is 20.2 Å². The van der Waals surface area contributed by atoms with E-state index in [0.29, 0.717) is 24.3 Å². The summed E-state index contributed by atoms with van der Waals surface area (Å²) < 4.78 is 234. The van der Waals surface area contributed by atoms with E-state index in [-0.39, 0.29) is 11.1 Å². The van der Waals surface area contributed by atoms with Gasteiger partial charge in [0.25, 0.3) is 0 Å². The Labute approximate surface area is 227 Å². The summed E-state index contributed by atoms with van der Waals surface area (Å²) in [7, 11) is -14.4. The molecule has 0 saturated heterocycles. The Kier molecular flexibility index (Phi) is 8.66. The SMILES string of the molecule is Cc1ccc(-c2ccc(C)cc2OC(F)(F)C(F)(F)C(F)(F)S(=O)(=O)O)c(OC(F)(F)C(F)(F)C(F)(F)S(=O)(=O)O)c1. The van der Waals surface area contributed by atoms with Crippen LogP contribution in [0.5, 0.6) is 11.5 Å². The molecule has 42 heavy (non-hydrogen) atoms. The van der Waals surface area contributed by atoms with Gasteiger partial charge in [0.05, 0.1) is 0 Å². The maximum absolute atomic E-state index is 14.3. The van der Waals surface area contributed by atoms with Crippen LogP contribution in [0, 0.1) is 13.8 Å². The number of rotatable bonds is 11. The van der Waals surface area contributed by atoms with E-state index in [4.69, 9.17) is 9.11 Å². The largest absolute Gasteiger partial charge is 0.472 e. The van der Waals surface area contributed by atoms with Crippen molar-refractivity contribution >= 4 is 20.2 Å². The van der Waals surface area contributed by atoms with Crippen molar-refractivity contribution in [3.05, 3.63) is 47.5 Å². The lowest BCUT2D eigenvalue weighted by Gasteiger charge is -2.32. The Bertz CT molecular complexity index is 1460. The van der Waals surface area contributed by atoms with Crippen LogP contribution in [0.3, 0.4) is 0 Å². The zero-order valence-corrected chi connectivity index (χ0v) is 21.8. The van der Waals surface area contributed by atoms with E-state index in [0.717, 1.165) is 26.0 Å². The van der Waals surface area contributed by atoms with E-state index < -0.39 is 77.4 Å². The van der Waals surface area contributed by atoms with Crippen LogP contribution in [-0.4, -0.2) is 60.5 Å². The van der Waals surface area contributed by atoms with Crippen molar-refractivity contribution in [1.82, 2.24) is 0 Å². The first-order valence-electron chi connectivity index (χ1n) is 10.3. The summed E-state index contributed by atoms with van der Waals surface area (Å²) in [6.45, 7) is 2.08. The molecular formula is C20H14F12O8S2. The first-order valence-corrected chi connectivity index (χ1v) is 13.1. The van der Waals surface area contributed by atoms with Crippen molar-refractivity contribution in [2.75, 3.05) is 0 Å². The maximum Gasteiger partial charge on any atom is 0.472 e. The quantitative estimate of drug-likeness (QED) is 0.215. The van der Waals surface area contributed by atoms with Crippen molar-refractivity contribution in [1.29, 1.82) is 0 Å². The summed E-state index contributed by atoms with van der Waals surface area (Å²) in [6, 6.07) is 3.62. The van der Waals surface area contributed by atoms with E-state index >= 15 is 0 Å². The summed E-state index contributed by atoms with van der Waals surface area (Å²) in [5.74, 6) is -17.4. The Hall–Kier alpha value is -2.98. The molecule has 0 bridgehead atoms. The van der Waals surface area contributed by atoms with Crippen LogP contribution in [0.4, 0.5) is 52.7 Å². The highest BCUT2D eigenvalue weighted by Gasteiger charge is 2.81. The topological polar surface area (TPSA) is 127 Å². The third kappa shape index (κ3) is 5.80. The van der Waals surface area contributed by atoms with E-state index in [1.54, 1.807) is 0 Å². The molecule has 0 amide bonds. The highest BCUT2D eigenvalue weighted by atomic mass is 32.2. The van der Waals surface area contributed by atoms with Crippen LogP contribution in [0.2, 0.25) is 0 Å². The number of alkyl halides is 12. The van der Waals surface area contributed by atoms with E-state index in [1.165, 1.54) is 0 Å². The van der Waals surface area contributed by atoms with Gasteiger partial charge >= 0.3 is 54.8 Å². The number of ether oxygens (including phenoxy) is 2. The van der Waals surface area contributed by atoms with Gasteiger partial charge in [-0.1, -0.05) is 24.3 Å². The van der Waals surface area contributed by atoms with Gasteiger partial charge in [-0.3, -0.25) is 9.11 Å². The zero-order valence-electron chi connectivity index (χ0n) is 20.2. The predicted octanol–water partition coefficient (Wildman–Crippen LogP) is 6.15. The average Bonchev–Trinajstić information content (AvgIpc) is 2.77. The molecule has 0 aromatic heterocycles. The third-order valence-corrected chi connectivity index (χ3v) is 6.96. The van der Waals surface area contributed by atoms with Crippen LogP contribution in [0.25, 0.3) is 11.1 Å². The Morgan fingerprint density at radius 3 is 1.05 bits per heavy atom. The minimum atomic E-state index is -7.21. The summed E-state index contributed by atoms with van der Waals surface area (Å²) >= 11 is 0.